The highest BCUT2D eigenvalue weighted by molar-refractivity contribution is 5.89. The third-order valence-electron chi connectivity index (χ3n) is 7.24. The molecule has 0 amide bonds. The van der Waals surface area contributed by atoms with Gasteiger partial charge in [-0.25, -0.2) is 4.79 Å². The summed E-state index contributed by atoms with van der Waals surface area (Å²) in [5.41, 5.74) is 9.19. The van der Waals surface area contributed by atoms with Crippen molar-refractivity contribution in [3.05, 3.63) is 89.5 Å². The highest BCUT2D eigenvalue weighted by Gasteiger charge is 2.27. The number of carbonyl (C=O) groups is 1. The second kappa shape index (κ2) is 13.1. The van der Waals surface area contributed by atoms with Gasteiger partial charge in [0.15, 0.2) is 0 Å². The van der Waals surface area contributed by atoms with Gasteiger partial charge in [0.05, 0.1) is 24.3 Å². The monoisotopic (exact) mass is 512 g/mol. The molecular formula is C31H36N4O3. The van der Waals surface area contributed by atoms with Gasteiger partial charge in [-0.3, -0.25) is 0 Å². The molecule has 0 radical (unpaired) electrons. The first-order chi connectivity index (χ1) is 18.5. The lowest BCUT2D eigenvalue weighted by Gasteiger charge is -2.42. The Labute approximate surface area is 225 Å². The fourth-order valence-corrected chi connectivity index (χ4v) is 5.05. The Bertz CT molecular complexity index is 1230. The molecule has 1 unspecified atom stereocenters. The highest BCUT2D eigenvalue weighted by atomic mass is 16.5. The van der Waals surface area contributed by atoms with Gasteiger partial charge in [-0.1, -0.05) is 12.1 Å². The summed E-state index contributed by atoms with van der Waals surface area (Å²) < 4.78 is 10.8. The Kier molecular flexibility index (Phi) is 9.36. The summed E-state index contributed by atoms with van der Waals surface area (Å²) in [6.45, 7) is 5.80. The summed E-state index contributed by atoms with van der Waals surface area (Å²) in [7, 11) is 1.36. The van der Waals surface area contributed by atoms with E-state index in [0.29, 0.717) is 35.5 Å². The Hall–Kier alpha value is -3.86. The Balaban J connectivity index is 1.50. The normalized spacial score (nSPS) is 14.9. The zero-order valence-electron chi connectivity index (χ0n) is 22.2. The first kappa shape index (κ1) is 27.2. The van der Waals surface area contributed by atoms with Crippen molar-refractivity contribution in [1.82, 2.24) is 4.90 Å². The number of rotatable bonds is 10. The fourth-order valence-electron chi connectivity index (χ4n) is 5.05. The number of methoxy groups -OCH3 is 1. The maximum atomic E-state index is 11.7. The third kappa shape index (κ3) is 6.91. The van der Waals surface area contributed by atoms with Gasteiger partial charge in [0.2, 0.25) is 0 Å². The number of hydrogen-bond acceptors (Lipinski definition) is 7. The maximum Gasteiger partial charge on any atom is 0.337 e. The van der Waals surface area contributed by atoms with Gasteiger partial charge >= 0.3 is 5.97 Å². The van der Waals surface area contributed by atoms with Gasteiger partial charge in [-0.15, -0.1) is 0 Å². The Morgan fingerprint density at radius 2 is 1.74 bits per heavy atom. The first-order valence-electron chi connectivity index (χ1n) is 13.2. The molecule has 3 aromatic carbocycles. The summed E-state index contributed by atoms with van der Waals surface area (Å²) in [5.74, 6) is 0.993. The average molecular weight is 513 g/mol. The second-order valence-corrected chi connectivity index (χ2v) is 9.75. The van der Waals surface area contributed by atoms with Crippen molar-refractivity contribution < 1.29 is 14.3 Å². The van der Waals surface area contributed by atoms with E-state index in [9.17, 15) is 10.1 Å². The number of piperidine rings is 1. The van der Waals surface area contributed by atoms with Gasteiger partial charge in [0.25, 0.3) is 0 Å². The molecule has 0 aliphatic carbocycles. The van der Waals surface area contributed by atoms with E-state index in [1.807, 2.05) is 30.3 Å². The van der Waals surface area contributed by atoms with Crippen LogP contribution >= 0.6 is 0 Å². The molecule has 7 nitrogen and oxygen atoms in total. The molecule has 7 heteroatoms. The smallest absolute Gasteiger partial charge is 0.337 e. The summed E-state index contributed by atoms with van der Waals surface area (Å²) >= 11 is 0. The molecule has 1 heterocycles. The molecule has 0 saturated carbocycles. The second-order valence-electron chi connectivity index (χ2n) is 9.75. The van der Waals surface area contributed by atoms with Crippen LogP contribution in [0.3, 0.4) is 0 Å². The van der Waals surface area contributed by atoms with E-state index in [0.717, 1.165) is 55.9 Å². The summed E-state index contributed by atoms with van der Waals surface area (Å²) in [4.78, 5) is 16.7. The van der Waals surface area contributed by atoms with Crippen LogP contribution in [0, 0.1) is 11.3 Å². The Morgan fingerprint density at radius 3 is 2.34 bits per heavy atom. The van der Waals surface area contributed by atoms with Crippen LogP contribution in [0.1, 0.15) is 47.7 Å². The average Bonchev–Trinajstić information content (AvgIpc) is 2.97. The summed E-state index contributed by atoms with van der Waals surface area (Å²) in [6.07, 6.45) is 3.15. The van der Waals surface area contributed by atoms with Gasteiger partial charge in [-0.2, -0.15) is 5.26 Å². The van der Waals surface area contributed by atoms with Crippen LogP contribution in [0.5, 0.6) is 11.5 Å². The number of benzene rings is 3. The molecule has 1 aliphatic heterocycles. The van der Waals surface area contributed by atoms with Crippen LogP contribution in [0.2, 0.25) is 0 Å². The molecule has 0 bridgehead atoms. The topological polar surface area (TPSA) is 91.8 Å². The number of nitrogens with zero attached hydrogens (tertiary/aromatic N) is 3. The largest absolute Gasteiger partial charge is 0.465 e. The van der Waals surface area contributed by atoms with Crippen molar-refractivity contribution in [3.63, 3.8) is 0 Å². The van der Waals surface area contributed by atoms with E-state index in [1.54, 1.807) is 24.3 Å². The van der Waals surface area contributed by atoms with E-state index >= 15 is 0 Å². The number of esters is 1. The van der Waals surface area contributed by atoms with Gasteiger partial charge < -0.3 is 25.0 Å². The van der Waals surface area contributed by atoms with Crippen LogP contribution in [0.4, 0.5) is 5.69 Å². The SMILES string of the molecule is COC(=O)c1ccc(Oc2ccc(N(Cc3cccc(C#N)c3)C3CCN(C(C)CCN)CC3)cc2)cc1. The first-order valence-corrected chi connectivity index (χ1v) is 13.2. The van der Waals surface area contributed by atoms with E-state index < -0.39 is 0 Å². The van der Waals surface area contributed by atoms with Crippen molar-refractivity contribution in [3.8, 4) is 17.6 Å². The molecule has 1 fully saturated rings. The van der Waals surface area contributed by atoms with Gasteiger partial charge in [-0.05, 0) is 99.0 Å². The fraction of sp³-hybridized carbons (Fsp3) is 0.355. The lowest BCUT2D eigenvalue weighted by atomic mass is 9.99. The minimum atomic E-state index is -0.374. The molecule has 1 aliphatic rings. The zero-order valence-corrected chi connectivity index (χ0v) is 22.2. The standard InChI is InChI=1S/C31H36N4O3/c1-23(14-17-32)34-18-15-28(16-19-34)35(22-25-5-3-4-24(20-25)21-33)27-8-12-30(13-9-27)38-29-10-6-26(7-11-29)31(36)37-2/h3-13,20,23,28H,14-19,22,32H2,1-2H3. The van der Waals surface area contributed by atoms with Crippen LogP contribution in [0.15, 0.2) is 72.8 Å². The highest BCUT2D eigenvalue weighted by Crippen LogP contribution is 2.30. The molecule has 0 aromatic heterocycles. The molecule has 3 aromatic rings. The predicted molar refractivity (Wildman–Crippen MR) is 149 cm³/mol. The van der Waals surface area contributed by atoms with Crippen molar-refractivity contribution in [1.29, 1.82) is 5.26 Å². The van der Waals surface area contributed by atoms with Gasteiger partial charge in [0, 0.05) is 37.4 Å². The number of hydrogen-bond donors (Lipinski definition) is 1. The van der Waals surface area contributed by atoms with Crippen LogP contribution in [-0.2, 0) is 11.3 Å². The third-order valence-corrected chi connectivity index (χ3v) is 7.24. The number of nitriles is 1. The minimum Gasteiger partial charge on any atom is -0.465 e. The number of ether oxygens (including phenoxy) is 2. The van der Waals surface area contributed by atoms with Crippen LogP contribution in [0.25, 0.3) is 0 Å². The van der Waals surface area contributed by atoms with Crippen molar-refractivity contribution >= 4 is 11.7 Å². The molecule has 0 spiro atoms. The molecule has 2 N–H and O–H groups in total. The molecule has 1 atom stereocenters. The minimum absolute atomic E-state index is 0.374. The van der Waals surface area contributed by atoms with Gasteiger partial charge in [0.1, 0.15) is 11.5 Å². The van der Waals surface area contributed by atoms with Crippen molar-refractivity contribution in [2.75, 3.05) is 31.6 Å². The Morgan fingerprint density at radius 1 is 1.08 bits per heavy atom. The van der Waals surface area contributed by atoms with Crippen molar-refractivity contribution in [2.24, 2.45) is 5.73 Å². The molecule has 38 heavy (non-hydrogen) atoms. The molecule has 4 rings (SSSR count). The van der Waals surface area contributed by atoms with E-state index in [2.05, 4.69) is 41.0 Å². The van der Waals surface area contributed by atoms with Crippen LogP contribution in [-0.4, -0.2) is 49.7 Å². The molecule has 198 valence electrons. The van der Waals surface area contributed by atoms with E-state index in [1.165, 1.54) is 7.11 Å². The van der Waals surface area contributed by atoms with Crippen LogP contribution < -0.4 is 15.4 Å². The maximum absolute atomic E-state index is 11.7. The number of nitrogens with two attached hydrogens (primary N) is 1. The lowest BCUT2D eigenvalue weighted by molar-refractivity contribution is 0.0600. The van der Waals surface area contributed by atoms with Crippen molar-refractivity contribution in [2.45, 2.75) is 44.8 Å². The molecule has 1 saturated heterocycles. The number of likely N-dealkylation sites (tertiary alicyclic amines) is 1. The number of anilines is 1. The zero-order chi connectivity index (χ0) is 26.9. The lowest BCUT2D eigenvalue weighted by Crippen LogP contribution is -2.47. The van der Waals surface area contributed by atoms with E-state index in [-0.39, 0.29) is 5.97 Å². The predicted octanol–water partition coefficient (Wildman–Crippen LogP) is 5.35. The number of carbonyl (C=O) groups excluding carboxylic acids is 1. The molecular weight excluding hydrogens is 476 g/mol. The van der Waals surface area contributed by atoms with E-state index in [4.69, 9.17) is 15.2 Å². The quantitative estimate of drug-likeness (QED) is 0.366. The summed E-state index contributed by atoms with van der Waals surface area (Å²) in [5, 5.41) is 9.38. The summed E-state index contributed by atoms with van der Waals surface area (Å²) in [6, 6.07) is 26.0.